The van der Waals surface area contributed by atoms with Gasteiger partial charge in [-0.25, -0.2) is 9.97 Å². The zero-order valence-electron chi connectivity index (χ0n) is 14.6. The minimum absolute atomic E-state index is 0.299. The number of halogens is 1. The zero-order chi connectivity index (χ0) is 18.5. The molecule has 0 atom stereocenters. The van der Waals surface area contributed by atoms with Crippen LogP contribution in [0.5, 0.6) is 0 Å². The largest absolute Gasteiger partial charge is 0.350 e. The summed E-state index contributed by atoms with van der Waals surface area (Å²) in [7, 11) is 0. The van der Waals surface area contributed by atoms with E-state index in [0.717, 1.165) is 11.1 Å². The highest BCUT2D eigenvalue weighted by Crippen LogP contribution is 2.21. The molecule has 0 saturated heterocycles. The van der Waals surface area contributed by atoms with Gasteiger partial charge in [0.1, 0.15) is 5.69 Å². The van der Waals surface area contributed by atoms with E-state index in [1.165, 1.54) is 0 Å². The maximum atomic E-state index is 12.6. The van der Waals surface area contributed by atoms with Crippen molar-refractivity contribution in [3.8, 4) is 0 Å². The molecule has 0 spiro atoms. The van der Waals surface area contributed by atoms with Crippen molar-refractivity contribution in [1.29, 1.82) is 0 Å². The Bertz CT molecular complexity index is 928. The van der Waals surface area contributed by atoms with E-state index in [-0.39, 0.29) is 5.91 Å². The van der Waals surface area contributed by atoms with Gasteiger partial charge in [-0.3, -0.25) is 4.79 Å². The molecule has 1 amide bonds. The van der Waals surface area contributed by atoms with Crippen molar-refractivity contribution >= 4 is 29.1 Å². The number of rotatable bonds is 5. The molecule has 0 fully saturated rings. The highest BCUT2D eigenvalue weighted by atomic mass is 35.5. The van der Waals surface area contributed by atoms with Crippen LogP contribution >= 0.6 is 11.6 Å². The Hall–Kier alpha value is -2.92. The van der Waals surface area contributed by atoms with E-state index >= 15 is 0 Å². The summed E-state index contributed by atoms with van der Waals surface area (Å²) < 4.78 is 0. The summed E-state index contributed by atoms with van der Waals surface area (Å²) in [6.45, 7) is 4.32. The van der Waals surface area contributed by atoms with E-state index in [4.69, 9.17) is 11.6 Å². The van der Waals surface area contributed by atoms with E-state index < -0.39 is 0 Å². The Labute approximate surface area is 157 Å². The Morgan fingerprint density at radius 1 is 1.04 bits per heavy atom. The predicted octanol–water partition coefficient (Wildman–Crippen LogP) is 4.61. The predicted molar refractivity (Wildman–Crippen MR) is 105 cm³/mol. The smallest absolute Gasteiger partial charge is 0.274 e. The first-order valence-electron chi connectivity index (χ1n) is 8.22. The monoisotopic (exact) mass is 366 g/mol. The van der Waals surface area contributed by atoms with Crippen LogP contribution in [0.25, 0.3) is 0 Å². The Kier molecular flexibility index (Phi) is 5.49. The number of hydrogen-bond donors (Lipinski definition) is 2. The van der Waals surface area contributed by atoms with Crippen LogP contribution in [-0.2, 0) is 6.54 Å². The zero-order valence-corrected chi connectivity index (χ0v) is 15.3. The van der Waals surface area contributed by atoms with Crippen LogP contribution in [0.1, 0.15) is 27.3 Å². The normalized spacial score (nSPS) is 10.4. The van der Waals surface area contributed by atoms with Crippen molar-refractivity contribution in [3.63, 3.8) is 0 Å². The summed E-state index contributed by atoms with van der Waals surface area (Å²) in [5, 5.41) is 6.58. The molecule has 1 aromatic heterocycles. The first-order valence-corrected chi connectivity index (χ1v) is 8.60. The third-order valence-corrected chi connectivity index (χ3v) is 4.06. The second kappa shape index (κ2) is 7.97. The SMILES string of the molecule is Cc1cc(C(=O)Nc2cc(Cl)ccc2C)nc(NCc2ccccc2)n1. The number of anilines is 2. The van der Waals surface area contributed by atoms with Gasteiger partial charge < -0.3 is 10.6 Å². The number of aromatic nitrogens is 2. The maximum Gasteiger partial charge on any atom is 0.274 e. The highest BCUT2D eigenvalue weighted by Gasteiger charge is 2.12. The molecule has 0 aliphatic rings. The summed E-state index contributed by atoms with van der Waals surface area (Å²) in [4.78, 5) is 21.3. The highest BCUT2D eigenvalue weighted by molar-refractivity contribution is 6.31. The van der Waals surface area contributed by atoms with Gasteiger partial charge in [0, 0.05) is 22.9 Å². The van der Waals surface area contributed by atoms with Gasteiger partial charge in [0.25, 0.3) is 5.91 Å². The molecular weight excluding hydrogens is 348 g/mol. The number of nitrogens with zero attached hydrogens (tertiary/aromatic N) is 2. The van der Waals surface area contributed by atoms with Crippen LogP contribution in [0.4, 0.5) is 11.6 Å². The van der Waals surface area contributed by atoms with Gasteiger partial charge in [0.2, 0.25) is 5.95 Å². The minimum atomic E-state index is -0.302. The quantitative estimate of drug-likeness (QED) is 0.691. The van der Waals surface area contributed by atoms with Gasteiger partial charge >= 0.3 is 0 Å². The van der Waals surface area contributed by atoms with Gasteiger partial charge in [-0.1, -0.05) is 48.0 Å². The van der Waals surface area contributed by atoms with Gasteiger partial charge in [0.15, 0.2) is 0 Å². The van der Waals surface area contributed by atoms with Gasteiger partial charge in [0.05, 0.1) is 0 Å². The first kappa shape index (κ1) is 17.9. The summed E-state index contributed by atoms with van der Waals surface area (Å²) >= 11 is 6.01. The molecule has 0 bridgehead atoms. The van der Waals surface area contributed by atoms with Crippen LogP contribution < -0.4 is 10.6 Å². The lowest BCUT2D eigenvalue weighted by atomic mass is 10.2. The molecule has 0 unspecified atom stereocenters. The molecule has 0 radical (unpaired) electrons. The standard InChI is InChI=1S/C20H19ClN4O/c1-13-8-9-16(21)11-17(13)24-19(26)18-10-14(2)23-20(25-18)22-12-15-6-4-3-5-7-15/h3-11H,12H2,1-2H3,(H,24,26)(H,22,23,25). The topological polar surface area (TPSA) is 66.9 Å². The van der Waals surface area contributed by atoms with Gasteiger partial charge in [-0.05, 0) is 43.2 Å². The second-order valence-electron chi connectivity index (χ2n) is 5.97. The molecule has 5 nitrogen and oxygen atoms in total. The number of hydrogen-bond acceptors (Lipinski definition) is 4. The lowest BCUT2D eigenvalue weighted by Gasteiger charge is -2.10. The Balaban J connectivity index is 1.76. The Morgan fingerprint density at radius 2 is 1.81 bits per heavy atom. The third-order valence-electron chi connectivity index (χ3n) is 3.83. The van der Waals surface area contributed by atoms with Crippen LogP contribution in [0.2, 0.25) is 5.02 Å². The molecule has 3 rings (SSSR count). The van der Waals surface area contributed by atoms with Crippen LogP contribution in [0, 0.1) is 13.8 Å². The van der Waals surface area contributed by atoms with E-state index in [1.54, 1.807) is 18.2 Å². The lowest BCUT2D eigenvalue weighted by Crippen LogP contribution is -2.16. The molecule has 6 heteroatoms. The van der Waals surface area contributed by atoms with Crippen LogP contribution in [-0.4, -0.2) is 15.9 Å². The van der Waals surface area contributed by atoms with Crippen LogP contribution in [0.15, 0.2) is 54.6 Å². The number of nitrogens with one attached hydrogen (secondary N) is 2. The molecule has 0 aliphatic heterocycles. The molecule has 2 N–H and O–H groups in total. The van der Waals surface area contributed by atoms with Crippen molar-refractivity contribution in [2.75, 3.05) is 10.6 Å². The molecule has 1 heterocycles. The molecule has 2 aromatic carbocycles. The van der Waals surface area contributed by atoms with Crippen molar-refractivity contribution in [1.82, 2.24) is 9.97 Å². The van der Waals surface area contributed by atoms with E-state index in [1.807, 2.05) is 50.2 Å². The van der Waals surface area contributed by atoms with Gasteiger partial charge in [-0.15, -0.1) is 0 Å². The van der Waals surface area contributed by atoms with Crippen LogP contribution in [0.3, 0.4) is 0 Å². The fourth-order valence-electron chi connectivity index (χ4n) is 2.46. The first-order chi connectivity index (χ1) is 12.5. The number of amides is 1. The number of benzene rings is 2. The molecule has 0 aliphatic carbocycles. The summed E-state index contributed by atoms with van der Waals surface area (Å²) in [6.07, 6.45) is 0. The average molecular weight is 367 g/mol. The van der Waals surface area contributed by atoms with Crippen molar-refractivity contribution in [2.24, 2.45) is 0 Å². The molecule has 132 valence electrons. The van der Waals surface area contributed by atoms with Crippen molar-refractivity contribution < 1.29 is 4.79 Å². The fourth-order valence-corrected chi connectivity index (χ4v) is 2.63. The Morgan fingerprint density at radius 3 is 2.58 bits per heavy atom. The van der Waals surface area contributed by atoms with E-state index in [0.29, 0.717) is 34.6 Å². The lowest BCUT2D eigenvalue weighted by molar-refractivity contribution is 0.102. The average Bonchev–Trinajstić information content (AvgIpc) is 2.63. The van der Waals surface area contributed by atoms with E-state index in [9.17, 15) is 4.79 Å². The molecule has 26 heavy (non-hydrogen) atoms. The fraction of sp³-hybridized carbons (Fsp3) is 0.150. The second-order valence-corrected chi connectivity index (χ2v) is 6.41. The third kappa shape index (κ3) is 4.58. The van der Waals surface area contributed by atoms with Crippen molar-refractivity contribution in [3.05, 3.63) is 82.1 Å². The minimum Gasteiger partial charge on any atom is -0.350 e. The number of carbonyl (C=O) groups is 1. The number of carbonyl (C=O) groups excluding carboxylic acids is 1. The maximum absolute atomic E-state index is 12.6. The molecule has 3 aromatic rings. The number of aryl methyl sites for hydroxylation is 2. The van der Waals surface area contributed by atoms with E-state index in [2.05, 4.69) is 20.6 Å². The summed E-state index contributed by atoms with van der Waals surface area (Å²) in [5.41, 5.74) is 3.71. The molecule has 0 saturated carbocycles. The summed E-state index contributed by atoms with van der Waals surface area (Å²) in [5.74, 6) is 0.116. The van der Waals surface area contributed by atoms with Gasteiger partial charge in [-0.2, -0.15) is 0 Å². The summed E-state index contributed by atoms with van der Waals surface area (Å²) in [6, 6.07) is 17.0. The van der Waals surface area contributed by atoms with Crippen molar-refractivity contribution in [2.45, 2.75) is 20.4 Å². The molecular formula is C20H19ClN4O.